The molecule has 0 bridgehead atoms. The van der Waals surface area contributed by atoms with Crippen LogP contribution in [0.5, 0.6) is 5.75 Å². The predicted molar refractivity (Wildman–Crippen MR) is 196 cm³/mol. The van der Waals surface area contributed by atoms with Gasteiger partial charge in [0.15, 0.2) is 5.40 Å². The first-order chi connectivity index (χ1) is 24.3. The van der Waals surface area contributed by atoms with E-state index in [1.165, 1.54) is 26.2 Å². The van der Waals surface area contributed by atoms with Crippen LogP contribution in [0, 0.1) is 5.92 Å². The van der Waals surface area contributed by atoms with Crippen LogP contribution in [0.15, 0.2) is 42.5 Å². The zero-order valence-electron chi connectivity index (χ0n) is 30.7. The van der Waals surface area contributed by atoms with E-state index in [0.29, 0.717) is 35.0 Å². The van der Waals surface area contributed by atoms with Gasteiger partial charge in [0.05, 0.1) is 44.6 Å². The molecule has 284 valence electrons. The van der Waals surface area contributed by atoms with Crippen molar-refractivity contribution >= 4 is 32.9 Å². The average Bonchev–Trinajstić information content (AvgIpc) is 3.08. The molecule has 15 heteroatoms. The molecule has 1 aliphatic carbocycles. The molecular weight excluding hydrogens is 696 g/mol. The molecule has 2 atom stereocenters. The number of primary amides is 1. The Morgan fingerprint density at radius 2 is 1.33 bits per heavy atom. The Balaban J connectivity index is 1.82. The molecule has 1 fully saturated rings. The molecule has 51 heavy (non-hydrogen) atoms. The van der Waals surface area contributed by atoms with E-state index in [-0.39, 0.29) is 38.4 Å². The van der Waals surface area contributed by atoms with Crippen molar-refractivity contribution in [1.29, 1.82) is 0 Å². The summed E-state index contributed by atoms with van der Waals surface area (Å²) in [5.74, 6) is -0.631. The van der Waals surface area contributed by atoms with Crippen molar-refractivity contribution in [3.63, 3.8) is 0 Å². The van der Waals surface area contributed by atoms with Gasteiger partial charge < -0.3 is 39.2 Å². The van der Waals surface area contributed by atoms with Gasteiger partial charge in [-0.1, -0.05) is 49.6 Å². The van der Waals surface area contributed by atoms with Crippen LogP contribution in [0.4, 0.5) is 0 Å². The smallest absolute Gasteiger partial charge is 0.350 e. The van der Waals surface area contributed by atoms with Crippen LogP contribution in [0.1, 0.15) is 112 Å². The second kappa shape index (κ2) is 20.3. The van der Waals surface area contributed by atoms with E-state index in [1.807, 2.05) is 0 Å². The normalized spacial score (nSPS) is 15.3. The van der Waals surface area contributed by atoms with Crippen molar-refractivity contribution in [3.05, 3.63) is 64.7 Å². The van der Waals surface area contributed by atoms with Gasteiger partial charge in [0.2, 0.25) is 11.8 Å². The van der Waals surface area contributed by atoms with Gasteiger partial charge >= 0.3 is 15.2 Å². The van der Waals surface area contributed by atoms with Crippen molar-refractivity contribution in [1.82, 2.24) is 10.6 Å². The minimum absolute atomic E-state index is 0.0399. The Labute approximate surface area is 302 Å². The number of nitrogens with two attached hydrogens (primary N) is 1. The molecule has 1 saturated carbocycles. The van der Waals surface area contributed by atoms with E-state index < -0.39 is 50.4 Å². The van der Waals surface area contributed by atoms with Crippen LogP contribution >= 0.6 is 15.2 Å². The third-order valence-electron chi connectivity index (χ3n) is 8.57. The number of nitrogens with one attached hydrogen (secondary N) is 2. The zero-order valence-corrected chi connectivity index (χ0v) is 32.5. The van der Waals surface area contributed by atoms with Crippen LogP contribution in [0.3, 0.4) is 0 Å². The average molecular weight is 752 g/mol. The molecule has 13 nitrogen and oxygen atoms in total. The van der Waals surface area contributed by atoms with Crippen LogP contribution in [-0.2, 0) is 43.2 Å². The lowest BCUT2D eigenvalue weighted by atomic mass is 9.90. The predicted octanol–water partition coefficient (Wildman–Crippen LogP) is 7.20. The highest BCUT2D eigenvalue weighted by atomic mass is 31.2. The number of benzene rings is 2. The zero-order chi connectivity index (χ0) is 37.6. The van der Waals surface area contributed by atoms with Gasteiger partial charge in [-0.15, -0.1) is 0 Å². The highest BCUT2D eigenvalue weighted by Crippen LogP contribution is 2.78. The monoisotopic (exact) mass is 751 g/mol. The van der Waals surface area contributed by atoms with Gasteiger partial charge in [-0.2, -0.15) is 0 Å². The number of rotatable bonds is 21. The number of hydrogen-bond donors (Lipinski definition) is 3. The summed E-state index contributed by atoms with van der Waals surface area (Å²) in [5, 5.41) is 4.28. The largest absolute Gasteiger partial charge is 0.492 e. The summed E-state index contributed by atoms with van der Waals surface area (Å²) in [6.07, 6.45) is 5.89. The maximum atomic E-state index is 14.1. The maximum Gasteiger partial charge on any atom is 0.350 e. The fraction of sp³-hybridized carbons (Fsp3) is 0.583. The second-order valence-electron chi connectivity index (χ2n) is 12.5. The maximum absolute atomic E-state index is 14.1. The second-order valence-corrected chi connectivity index (χ2v) is 17.1. The van der Waals surface area contributed by atoms with Crippen LogP contribution in [-0.4, -0.2) is 56.8 Å². The lowest BCUT2D eigenvalue weighted by Gasteiger charge is -2.31. The summed E-state index contributed by atoms with van der Waals surface area (Å²) >= 11 is 0. The number of hydrogen-bond acceptors (Lipinski definition) is 10. The standard InChI is InChI=1S/C36H55N3O10P2/c1-7-46-50(43,47-8-2)36(51(44,48-9-3)49-10-4)29-18-16-27(17-19-29)22-32(39-26(6)40)35(42)38-25(5)30-20-21-33(31(23-30)34(37)41)45-24-28-14-12-11-13-15-28/h16-21,23,25,28,32,36H,7-15,22,24H2,1-6H3,(H2,37,41)(H,38,42)(H,39,40)/t25-,32-/m0/s1. The molecular formula is C36H55N3O10P2. The van der Waals surface area contributed by atoms with E-state index in [9.17, 15) is 23.5 Å². The van der Waals surface area contributed by atoms with Gasteiger partial charge in [-0.3, -0.25) is 23.5 Å². The molecule has 0 saturated heterocycles. The topological polar surface area (TPSA) is 182 Å². The fourth-order valence-electron chi connectivity index (χ4n) is 6.23. The molecule has 3 rings (SSSR count). The van der Waals surface area contributed by atoms with E-state index >= 15 is 0 Å². The summed E-state index contributed by atoms with van der Waals surface area (Å²) < 4.78 is 56.6. The molecule has 2 aromatic carbocycles. The van der Waals surface area contributed by atoms with Crippen molar-refractivity contribution in [2.45, 2.75) is 97.6 Å². The van der Waals surface area contributed by atoms with E-state index in [4.69, 9.17) is 28.6 Å². The van der Waals surface area contributed by atoms with Gasteiger partial charge in [-0.05, 0) is 82.2 Å². The molecule has 0 aromatic heterocycles. The SMILES string of the molecule is CCOP(=O)(OCC)C(c1ccc(C[C@H](NC(C)=O)C(=O)N[C@@H](C)c2ccc(OCC3CCCCC3)c(C(N)=O)c2)cc1)P(=O)(OCC)OCC. The lowest BCUT2D eigenvalue weighted by Crippen LogP contribution is -2.48. The minimum atomic E-state index is -4.05. The number of ether oxygens (including phenoxy) is 1. The van der Waals surface area contributed by atoms with Crippen molar-refractivity contribution in [2.24, 2.45) is 11.7 Å². The van der Waals surface area contributed by atoms with E-state index in [1.54, 1.807) is 77.1 Å². The first-order valence-corrected chi connectivity index (χ1v) is 21.0. The highest BCUT2D eigenvalue weighted by molar-refractivity contribution is 7.72. The Bertz CT molecular complexity index is 1500. The first kappa shape index (κ1) is 42.4. The number of carbonyl (C=O) groups is 3. The Hall–Kier alpha value is -3.05. The Kier molecular flexibility index (Phi) is 16.8. The lowest BCUT2D eigenvalue weighted by molar-refractivity contribution is -0.128. The molecule has 4 N–H and O–H groups in total. The summed E-state index contributed by atoms with van der Waals surface area (Å²) in [5.41, 5.74) is 7.58. The molecule has 0 unspecified atom stereocenters. The molecule has 2 aromatic rings. The van der Waals surface area contributed by atoms with Crippen LogP contribution in [0.2, 0.25) is 0 Å². The summed E-state index contributed by atoms with van der Waals surface area (Å²) in [6.45, 7) is 10.4. The van der Waals surface area contributed by atoms with Crippen molar-refractivity contribution in [3.8, 4) is 5.75 Å². The van der Waals surface area contributed by atoms with Gasteiger partial charge in [0.25, 0.3) is 5.91 Å². The molecule has 0 aliphatic heterocycles. The third kappa shape index (κ3) is 12.0. The Morgan fingerprint density at radius 1 is 0.804 bits per heavy atom. The highest BCUT2D eigenvalue weighted by Gasteiger charge is 2.52. The molecule has 1 aliphatic rings. The van der Waals surface area contributed by atoms with Gasteiger partial charge in [0.1, 0.15) is 11.8 Å². The summed E-state index contributed by atoms with van der Waals surface area (Å²) in [7, 11) is -8.10. The fourth-order valence-corrected chi connectivity index (χ4v) is 11.6. The van der Waals surface area contributed by atoms with Crippen LogP contribution < -0.4 is 21.1 Å². The minimum Gasteiger partial charge on any atom is -0.492 e. The molecule has 0 radical (unpaired) electrons. The number of amides is 3. The third-order valence-corrected chi connectivity index (χ3v) is 14.5. The van der Waals surface area contributed by atoms with Crippen LogP contribution in [0.25, 0.3) is 0 Å². The number of carbonyl (C=O) groups excluding carboxylic acids is 3. The van der Waals surface area contributed by atoms with Crippen molar-refractivity contribution < 1.29 is 46.3 Å². The molecule has 0 spiro atoms. The molecule has 3 amide bonds. The Morgan fingerprint density at radius 3 is 1.82 bits per heavy atom. The summed E-state index contributed by atoms with van der Waals surface area (Å²) in [4.78, 5) is 38.1. The van der Waals surface area contributed by atoms with Gasteiger partial charge in [-0.25, -0.2) is 0 Å². The summed E-state index contributed by atoms with van der Waals surface area (Å²) in [6, 6.07) is 10.2. The quantitative estimate of drug-likeness (QED) is 0.110. The van der Waals surface area contributed by atoms with Crippen molar-refractivity contribution in [2.75, 3.05) is 33.0 Å². The first-order valence-electron chi connectivity index (χ1n) is 17.8. The van der Waals surface area contributed by atoms with E-state index in [2.05, 4.69) is 10.6 Å². The van der Waals surface area contributed by atoms with E-state index in [0.717, 1.165) is 12.8 Å². The van der Waals surface area contributed by atoms with Gasteiger partial charge in [0, 0.05) is 13.3 Å². The molecule has 0 heterocycles.